The Morgan fingerprint density at radius 2 is 2.00 bits per heavy atom. The zero-order valence-electron chi connectivity index (χ0n) is 11.8. The third-order valence-electron chi connectivity index (χ3n) is 5.37. The molecule has 2 fully saturated rings. The van der Waals surface area contributed by atoms with Crippen LogP contribution < -0.4 is 5.32 Å². The van der Waals surface area contributed by atoms with Crippen LogP contribution in [0.1, 0.15) is 57.8 Å². The summed E-state index contributed by atoms with van der Waals surface area (Å²) in [6.07, 6.45) is 15.1. The minimum absolute atomic E-state index is 0.785. The molecule has 0 aromatic heterocycles. The number of nitrogens with zero attached hydrogens (tertiary/aromatic N) is 1. The molecule has 2 heteroatoms. The summed E-state index contributed by atoms with van der Waals surface area (Å²) in [4.78, 5) is 2.84. The van der Waals surface area contributed by atoms with Gasteiger partial charge in [0.2, 0.25) is 0 Å². The van der Waals surface area contributed by atoms with Crippen LogP contribution in [0.5, 0.6) is 0 Å². The van der Waals surface area contributed by atoms with Gasteiger partial charge in [-0.2, -0.15) is 0 Å². The predicted octanol–water partition coefficient (Wildman–Crippen LogP) is 3.09. The lowest BCUT2D eigenvalue weighted by Crippen LogP contribution is -2.48. The van der Waals surface area contributed by atoms with E-state index in [1.165, 1.54) is 64.3 Å². The van der Waals surface area contributed by atoms with Crippen LogP contribution >= 0.6 is 0 Å². The lowest BCUT2D eigenvalue weighted by atomic mass is 9.94. The summed E-state index contributed by atoms with van der Waals surface area (Å²) in [6, 6.07) is 2.54. The monoisotopic (exact) mass is 248 g/mol. The Hall–Kier alpha value is -0.340. The van der Waals surface area contributed by atoms with E-state index in [4.69, 9.17) is 0 Å². The van der Waals surface area contributed by atoms with E-state index in [2.05, 4.69) is 23.3 Å². The summed E-state index contributed by atoms with van der Waals surface area (Å²) in [7, 11) is 2.13. The summed E-state index contributed by atoms with van der Waals surface area (Å²) in [6.45, 7) is 1.33. The van der Waals surface area contributed by atoms with Crippen LogP contribution in [-0.4, -0.2) is 36.6 Å². The highest BCUT2D eigenvalue weighted by Crippen LogP contribution is 2.36. The molecule has 0 radical (unpaired) electrons. The normalized spacial score (nSPS) is 36.7. The average Bonchev–Trinajstić information content (AvgIpc) is 2.66. The second kappa shape index (κ2) is 5.75. The number of fused-ring (bicyclic) bond motifs is 2. The SMILES string of the molecule is CNC1CC2CCC(C1)N2CCC1=CCCCC1. The fraction of sp³-hybridized carbons (Fsp3) is 0.875. The van der Waals surface area contributed by atoms with Crippen LogP contribution in [0.3, 0.4) is 0 Å². The molecule has 0 aromatic rings. The molecule has 18 heavy (non-hydrogen) atoms. The van der Waals surface area contributed by atoms with Crippen molar-refractivity contribution in [3.05, 3.63) is 11.6 Å². The van der Waals surface area contributed by atoms with Crippen molar-refractivity contribution in [3.8, 4) is 0 Å². The van der Waals surface area contributed by atoms with Gasteiger partial charge in [-0.15, -0.1) is 0 Å². The van der Waals surface area contributed by atoms with E-state index in [-0.39, 0.29) is 0 Å². The molecule has 0 amide bonds. The number of hydrogen-bond acceptors (Lipinski definition) is 2. The van der Waals surface area contributed by atoms with Crippen molar-refractivity contribution in [1.82, 2.24) is 10.2 Å². The third-order valence-corrected chi connectivity index (χ3v) is 5.37. The second-order valence-corrected chi connectivity index (χ2v) is 6.44. The van der Waals surface area contributed by atoms with E-state index in [0.29, 0.717) is 0 Å². The number of rotatable bonds is 4. The quantitative estimate of drug-likeness (QED) is 0.769. The van der Waals surface area contributed by atoms with Crippen molar-refractivity contribution in [3.63, 3.8) is 0 Å². The molecule has 2 atom stereocenters. The summed E-state index contributed by atoms with van der Waals surface area (Å²) in [5.41, 5.74) is 1.75. The lowest BCUT2D eigenvalue weighted by molar-refractivity contribution is 0.120. The third kappa shape index (κ3) is 2.65. The highest BCUT2D eigenvalue weighted by Gasteiger charge is 2.39. The van der Waals surface area contributed by atoms with Gasteiger partial charge < -0.3 is 5.32 Å². The first-order valence-electron chi connectivity index (χ1n) is 7.97. The van der Waals surface area contributed by atoms with Crippen LogP contribution in [-0.2, 0) is 0 Å². The average molecular weight is 248 g/mol. The maximum Gasteiger partial charge on any atom is 0.0114 e. The van der Waals surface area contributed by atoms with Crippen LogP contribution in [0.15, 0.2) is 11.6 Å². The standard InChI is InChI=1S/C16H28N2/c1-17-14-11-15-7-8-16(12-14)18(15)10-9-13-5-3-2-4-6-13/h5,14-17H,2-4,6-12H2,1H3. The highest BCUT2D eigenvalue weighted by atomic mass is 15.2. The van der Waals surface area contributed by atoms with Gasteiger partial charge in [0, 0.05) is 24.7 Å². The first-order valence-corrected chi connectivity index (χ1v) is 7.97. The molecular formula is C16H28N2. The van der Waals surface area contributed by atoms with E-state index in [1.807, 2.05) is 0 Å². The van der Waals surface area contributed by atoms with E-state index in [1.54, 1.807) is 5.57 Å². The molecule has 2 aliphatic heterocycles. The van der Waals surface area contributed by atoms with Crippen LogP contribution in [0, 0.1) is 0 Å². The lowest BCUT2D eigenvalue weighted by Gasteiger charge is -2.39. The number of allylic oxidation sites excluding steroid dienone is 1. The van der Waals surface area contributed by atoms with Crippen molar-refractivity contribution in [2.45, 2.75) is 75.9 Å². The van der Waals surface area contributed by atoms with Gasteiger partial charge in [0.1, 0.15) is 0 Å². The van der Waals surface area contributed by atoms with Crippen molar-refractivity contribution in [2.24, 2.45) is 0 Å². The Morgan fingerprint density at radius 3 is 2.61 bits per heavy atom. The molecule has 3 aliphatic rings. The van der Waals surface area contributed by atoms with Crippen molar-refractivity contribution in [2.75, 3.05) is 13.6 Å². The summed E-state index contributed by atoms with van der Waals surface area (Å²) < 4.78 is 0. The number of hydrogen-bond donors (Lipinski definition) is 1. The number of nitrogens with one attached hydrogen (secondary N) is 1. The molecule has 0 aromatic carbocycles. The van der Waals surface area contributed by atoms with Gasteiger partial charge in [-0.3, -0.25) is 4.90 Å². The minimum Gasteiger partial charge on any atom is -0.317 e. The van der Waals surface area contributed by atoms with Gasteiger partial charge in [-0.1, -0.05) is 11.6 Å². The van der Waals surface area contributed by atoms with Gasteiger partial charge in [0.05, 0.1) is 0 Å². The number of piperidine rings is 1. The maximum atomic E-state index is 3.49. The van der Waals surface area contributed by atoms with Crippen LogP contribution in [0.2, 0.25) is 0 Å². The van der Waals surface area contributed by atoms with Gasteiger partial charge in [0.15, 0.2) is 0 Å². The zero-order valence-corrected chi connectivity index (χ0v) is 11.8. The zero-order chi connectivity index (χ0) is 12.4. The van der Waals surface area contributed by atoms with Gasteiger partial charge >= 0.3 is 0 Å². The van der Waals surface area contributed by atoms with E-state index in [0.717, 1.165) is 18.1 Å². The topological polar surface area (TPSA) is 15.3 Å². The second-order valence-electron chi connectivity index (χ2n) is 6.44. The van der Waals surface area contributed by atoms with Crippen molar-refractivity contribution in [1.29, 1.82) is 0 Å². The van der Waals surface area contributed by atoms with E-state index in [9.17, 15) is 0 Å². The fourth-order valence-corrected chi connectivity index (χ4v) is 4.28. The smallest absolute Gasteiger partial charge is 0.0114 e. The molecule has 0 saturated carbocycles. The molecule has 1 aliphatic carbocycles. The van der Waals surface area contributed by atoms with E-state index >= 15 is 0 Å². The molecule has 0 spiro atoms. The minimum atomic E-state index is 0.785. The highest BCUT2D eigenvalue weighted by molar-refractivity contribution is 5.06. The molecule has 2 unspecified atom stereocenters. The molecule has 1 N–H and O–H groups in total. The molecular weight excluding hydrogens is 220 g/mol. The first kappa shape index (κ1) is 12.7. The Bertz CT molecular complexity index is 296. The molecule has 2 nitrogen and oxygen atoms in total. The Balaban J connectivity index is 1.53. The van der Waals surface area contributed by atoms with Gasteiger partial charge in [-0.05, 0) is 64.8 Å². The van der Waals surface area contributed by atoms with Gasteiger partial charge in [0.25, 0.3) is 0 Å². The Kier molecular flexibility index (Phi) is 4.05. The van der Waals surface area contributed by atoms with E-state index < -0.39 is 0 Å². The van der Waals surface area contributed by atoms with Crippen LogP contribution in [0.4, 0.5) is 0 Å². The van der Waals surface area contributed by atoms with Crippen molar-refractivity contribution >= 4 is 0 Å². The Labute approximate surface area is 112 Å². The van der Waals surface area contributed by atoms with Gasteiger partial charge in [-0.25, -0.2) is 0 Å². The largest absolute Gasteiger partial charge is 0.317 e. The summed E-state index contributed by atoms with van der Waals surface area (Å²) >= 11 is 0. The molecule has 2 saturated heterocycles. The fourth-order valence-electron chi connectivity index (χ4n) is 4.28. The molecule has 2 bridgehead atoms. The van der Waals surface area contributed by atoms with Crippen LogP contribution in [0.25, 0.3) is 0 Å². The predicted molar refractivity (Wildman–Crippen MR) is 76.8 cm³/mol. The summed E-state index contributed by atoms with van der Waals surface area (Å²) in [5, 5.41) is 3.49. The van der Waals surface area contributed by atoms with Crippen molar-refractivity contribution < 1.29 is 0 Å². The maximum absolute atomic E-state index is 3.49. The summed E-state index contributed by atoms with van der Waals surface area (Å²) in [5.74, 6) is 0. The molecule has 2 heterocycles. The molecule has 102 valence electrons. The Morgan fingerprint density at radius 1 is 1.22 bits per heavy atom. The first-order chi connectivity index (χ1) is 8.86. The molecule has 3 rings (SSSR count).